The molecule has 2 nitrogen and oxygen atoms in total. The Balaban J connectivity index is 0. The highest BCUT2D eigenvalue weighted by Crippen LogP contribution is 2.63. The fourth-order valence-corrected chi connectivity index (χ4v) is 1.14. The van der Waals surface area contributed by atoms with Crippen molar-refractivity contribution < 1.29 is 87.8 Å². The Hall–Kier alpha value is -0.860. The third kappa shape index (κ3) is 4.80. The van der Waals surface area contributed by atoms with Gasteiger partial charge in [0.1, 0.15) is 0 Å². The second-order valence-electron chi connectivity index (χ2n) is 4.64. The fourth-order valence-electron chi connectivity index (χ4n) is 1.14. The van der Waals surface area contributed by atoms with Crippen LogP contribution < -0.4 is 0 Å². The van der Waals surface area contributed by atoms with Gasteiger partial charge >= 0.3 is 47.9 Å². The summed E-state index contributed by atoms with van der Waals surface area (Å²) in [5.41, 5.74) is 0. The average molecular weight is 538 g/mol. The number of alkyl halides is 18. The zero-order chi connectivity index (χ0) is 25.6. The predicted molar refractivity (Wildman–Crippen MR) is 56.6 cm³/mol. The Bertz CT molecular complexity index is 569. The van der Waals surface area contributed by atoms with Crippen molar-refractivity contribution in [1.29, 1.82) is 0 Å². The smallest absolute Gasteiger partial charge is 0.460 e. The Morgan fingerprint density at radius 2 is 0.533 bits per heavy atom. The average Bonchev–Trinajstić information content (AvgIpc) is 2.42. The molecule has 0 aliphatic rings. The van der Waals surface area contributed by atoms with Crippen molar-refractivity contribution in [3.63, 3.8) is 0 Å². The van der Waals surface area contributed by atoms with Crippen molar-refractivity contribution in [2.45, 2.75) is 47.9 Å². The summed E-state index contributed by atoms with van der Waals surface area (Å²) in [5, 5.41) is 0. The molecule has 0 spiro atoms. The van der Waals surface area contributed by atoms with Gasteiger partial charge in [0.15, 0.2) is 0 Å². The van der Waals surface area contributed by atoms with Gasteiger partial charge in [-0.25, -0.2) is 0 Å². The molecule has 22 heteroatoms. The van der Waals surface area contributed by atoms with Crippen molar-refractivity contribution in [1.82, 2.24) is 0 Å². The van der Waals surface area contributed by atoms with E-state index in [0.717, 1.165) is 0 Å². The van der Waals surface area contributed by atoms with Gasteiger partial charge in [-0.15, -0.1) is 0 Å². The molecule has 0 aromatic heterocycles. The SMILES string of the molecule is FC(F)(F)C(F)(F)C(F)(F)C(F)(F)C(F)(F)C(F)(F)C(F)(F)C(F)(F)F.O=S([O-])Cl. The van der Waals surface area contributed by atoms with Crippen LogP contribution in [0.25, 0.3) is 0 Å². The third-order valence-electron chi connectivity index (χ3n) is 2.68. The first-order chi connectivity index (χ1) is 12.5. The van der Waals surface area contributed by atoms with Crippen LogP contribution in [0.15, 0.2) is 0 Å². The molecule has 1 unspecified atom stereocenters. The molecule has 0 saturated carbocycles. The van der Waals surface area contributed by atoms with Gasteiger partial charge in [-0.1, -0.05) is 0 Å². The van der Waals surface area contributed by atoms with E-state index >= 15 is 0 Å². The lowest BCUT2D eigenvalue weighted by molar-refractivity contribution is -0.468. The number of hydrogen-bond donors (Lipinski definition) is 0. The molecule has 0 fully saturated rings. The molecule has 1 atom stereocenters. The maximum atomic E-state index is 12.8. The van der Waals surface area contributed by atoms with E-state index < -0.39 is 58.2 Å². The van der Waals surface area contributed by atoms with Gasteiger partial charge in [-0.05, 0) is 10.7 Å². The van der Waals surface area contributed by atoms with Crippen LogP contribution in [0, 0.1) is 0 Å². The molecule has 0 aliphatic carbocycles. The largest absolute Gasteiger partial charge is 0.760 e. The van der Waals surface area contributed by atoms with E-state index in [2.05, 4.69) is 10.7 Å². The van der Waals surface area contributed by atoms with Crippen LogP contribution in [0.2, 0.25) is 0 Å². The van der Waals surface area contributed by atoms with Crippen molar-refractivity contribution in [2.75, 3.05) is 0 Å². The predicted octanol–water partition coefficient (Wildman–Crippen LogP) is 5.94. The van der Waals surface area contributed by atoms with Gasteiger partial charge in [-0.3, -0.25) is 4.21 Å². The lowest BCUT2D eigenvalue weighted by Gasteiger charge is -2.41. The first kappa shape index (κ1) is 31.3. The molecule has 30 heavy (non-hydrogen) atoms. The van der Waals surface area contributed by atoms with Crippen LogP contribution in [-0.2, 0) is 10.3 Å². The maximum absolute atomic E-state index is 12.8. The van der Waals surface area contributed by atoms with Crippen LogP contribution >= 0.6 is 10.7 Å². The minimum atomic E-state index is -8.72. The van der Waals surface area contributed by atoms with Crippen LogP contribution in [0.3, 0.4) is 0 Å². The van der Waals surface area contributed by atoms with E-state index in [-0.39, 0.29) is 0 Å². The maximum Gasteiger partial charge on any atom is 0.460 e. The zero-order valence-corrected chi connectivity index (χ0v) is 14.0. The van der Waals surface area contributed by atoms with Gasteiger partial charge in [-0.2, -0.15) is 79.0 Å². The Kier molecular flexibility index (Phi) is 8.61. The van der Waals surface area contributed by atoms with Gasteiger partial charge in [0.25, 0.3) is 0 Å². The monoisotopic (exact) mass is 537 g/mol. The summed E-state index contributed by atoms with van der Waals surface area (Å²) >= 11 is 0. The molecule has 0 rings (SSSR count). The van der Waals surface area contributed by atoms with E-state index in [1.54, 1.807) is 0 Å². The molecule has 0 amide bonds. The van der Waals surface area contributed by atoms with E-state index in [9.17, 15) is 79.0 Å². The van der Waals surface area contributed by atoms with Crippen molar-refractivity contribution >= 4 is 21.0 Å². The van der Waals surface area contributed by atoms with E-state index in [1.165, 1.54) is 0 Å². The highest BCUT2D eigenvalue weighted by molar-refractivity contribution is 8.03. The molecule has 0 aliphatic heterocycles. The second-order valence-corrected chi connectivity index (χ2v) is 5.78. The molecule has 0 saturated heterocycles. The normalized spacial score (nSPS) is 16.7. The van der Waals surface area contributed by atoms with Crippen LogP contribution in [0.4, 0.5) is 79.0 Å². The molecule has 0 radical (unpaired) electrons. The number of rotatable bonds is 5. The van der Waals surface area contributed by atoms with Crippen LogP contribution in [-0.4, -0.2) is 56.6 Å². The first-order valence-corrected chi connectivity index (χ1v) is 7.54. The summed E-state index contributed by atoms with van der Waals surface area (Å²) in [6, 6.07) is 0. The highest BCUT2D eigenvalue weighted by Gasteiger charge is 2.95. The Morgan fingerprint density at radius 1 is 0.433 bits per heavy atom. The van der Waals surface area contributed by atoms with E-state index in [4.69, 9.17) is 8.76 Å². The second kappa shape index (κ2) is 8.24. The third-order valence-corrected chi connectivity index (χ3v) is 2.68. The van der Waals surface area contributed by atoms with Crippen molar-refractivity contribution in [2.24, 2.45) is 0 Å². The summed E-state index contributed by atoms with van der Waals surface area (Å²) in [6.45, 7) is 0. The topological polar surface area (TPSA) is 40.1 Å². The van der Waals surface area contributed by atoms with E-state index in [0.29, 0.717) is 0 Å². The van der Waals surface area contributed by atoms with Gasteiger partial charge in [0.2, 0.25) is 0 Å². The minimum Gasteiger partial charge on any atom is -0.760 e. The summed E-state index contributed by atoms with van der Waals surface area (Å²) in [5.74, 6) is -51.0. The summed E-state index contributed by atoms with van der Waals surface area (Å²) < 4.78 is 238. The minimum absolute atomic E-state index is 2.39. The summed E-state index contributed by atoms with van der Waals surface area (Å²) in [4.78, 5) is 0. The van der Waals surface area contributed by atoms with Crippen molar-refractivity contribution in [3.8, 4) is 0 Å². The molecule has 0 aromatic carbocycles. The molecule has 0 bridgehead atoms. The lowest BCUT2D eigenvalue weighted by Crippen LogP contribution is -2.74. The first-order valence-electron chi connectivity index (χ1n) is 5.64. The Morgan fingerprint density at radius 3 is 0.633 bits per heavy atom. The summed E-state index contributed by atoms with van der Waals surface area (Å²) in [7, 11) is 1.80. The molecule has 0 aromatic rings. The lowest BCUT2D eigenvalue weighted by atomic mass is 9.91. The van der Waals surface area contributed by atoms with Crippen molar-refractivity contribution in [3.05, 3.63) is 0 Å². The zero-order valence-electron chi connectivity index (χ0n) is 12.4. The molecule has 0 heterocycles. The molecule has 0 N–H and O–H groups in total. The van der Waals surface area contributed by atoms with Crippen LogP contribution in [0.5, 0.6) is 0 Å². The standard InChI is InChI=1S/C8F18.ClHO2S/c9-1(10,3(13,14)5(17,18)7(21,22)23)2(11,12)4(15,16)6(19,20)8(24,25)26;1-4(2)3/h;(H,2,3)/p-1. The number of hydrogen-bond acceptors (Lipinski definition) is 2. The van der Waals surface area contributed by atoms with E-state index in [1.807, 2.05) is 0 Å². The molecule has 184 valence electrons. The van der Waals surface area contributed by atoms with Gasteiger partial charge < -0.3 is 4.55 Å². The molecular weight excluding hydrogens is 538 g/mol. The highest BCUT2D eigenvalue weighted by atomic mass is 35.7. The van der Waals surface area contributed by atoms with Gasteiger partial charge in [0.05, 0.1) is 0 Å². The van der Waals surface area contributed by atoms with Gasteiger partial charge in [0, 0.05) is 10.3 Å². The van der Waals surface area contributed by atoms with Crippen LogP contribution in [0.1, 0.15) is 0 Å². The molecular formula is C8ClF18O2S-. The Labute approximate surface area is 157 Å². The summed E-state index contributed by atoms with van der Waals surface area (Å²) in [6.07, 6.45) is -15.6. The number of halogens is 19. The fraction of sp³-hybridized carbons (Fsp3) is 1.00. The quantitative estimate of drug-likeness (QED) is 0.247.